The molecule has 0 aromatic carbocycles. The fourth-order valence-electron chi connectivity index (χ4n) is 3.07. The van der Waals surface area contributed by atoms with E-state index in [2.05, 4.69) is 37.4 Å². The molecular weight excluding hydrogens is 256 g/mol. The summed E-state index contributed by atoms with van der Waals surface area (Å²) in [5, 5.41) is 5.65. The van der Waals surface area contributed by atoms with Gasteiger partial charge >= 0.3 is 0 Å². The second kappa shape index (κ2) is 4.89. The lowest BCUT2D eigenvalue weighted by atomic mass is 10.1. The first-order chi connectivity index (χ1) is 9.38. The molecule has 19 heavy (non-hydrogen) atoms. The van der Waals surface area contributed by atoms with Crippen LogP contribution in [-0.2, 0) is 6.54 Å². The largest absolute Gasteiger partial charge is 0.311 e. The maximum absolute atomic E-state index is 4.60. The smallest absolute Gasteiger partial charge is 0.193 e. The first kappa shape index (κ1) is 11.9. The van der Waals surface area contributed by atoms with Crippen LogP contribution in [0.15, 0.2) is 17.8 Å². The van der Waals surface area contributed by atoms with E-state index < -0.39 is 0 Å². The van der Waals surface area contributed by atoms with E-state index in [9.17, 15) is 0 Å². The van der Waals surface area contributed by atoms with Crippen LogP contribution in [-0.4, -0.2) is 40.0 Å². The number of rotatable bonds is 5. The number of nitrogens with zero attached hydrogens (tertiary/aromatic N) is 3. The van der Waals surface area contributed by atoms with Crippen LogP contribution < -0.4 is 5.32 Å². The Labute approximate surface area is 117 Å². The van der Waals surface area contributed by atoms with Crippen molar-refractivity contribution in [2.24, 2.45) is 5.92 Å². The van der Waals surface area contributed by atoms with E-state index in [4.69, 9.17) is 0 Å². The van der Waals surface area contributed by atoms with Gasteiger partial charge < -0.3 is 10.2 Å². The van der Waals surface area contributed by atoms with Crippen molar-refractivity contribution in [2.45, 2.75) is 31.8 Å². The summed E-state index contributed by atoms with van der Waals surface area (Å²) in [6.45, 7) is 4.65. The highest BCUT2D eigenvalue weighted by Crippen LogP contribution is 2.31. The van der Waals surface area contributed by atoms with Gasteiger partial charge in [0, 0.05) is 36.9 Å². The van der Waals surface area contributed by atoms with Gasteiger partial charge in [0.25, 0.3) is 0 Å². The number of fused-ring (bicyclic) bond motifs is 1. The zero-order chi connectivity index (χ0) is 12.7. The van der Waals surface area contributed by atoms with Crippen molar-refractivity contribution in [3.8, 4) is 0 Å². The summed E-state index contributed by atoms with van der Waals surface area (Å²) in [4.78, 5) is 8.37. The Hall–Kier alpha value is -0.910. The fourth-order valence-corrected chi connectivity index (χ4v) is 3.79. The van der Waals surface area contributed by atoms with Crippen molar-refractivity contribution in [3.05, 3.63) is 23.5 Å². The lowest BCUT2D eigenvalue weighted by Crippen LogP contribution is -2.27. The number of hydrogen-bond donors (Lipinski definition) is 1. The normalized spacial score (nSPS) is 24.5. The first-order valence-electron chi connectivity index (χ1n) is 7.24. The SMILES string of the molecule is c1cn2cc(CNCC3CCN(C4CC4)C3)nc2s1. The highest BCUT2D eigenvalue weighted by atomic mass is 32.1. The lowest BCUT2D eigenvalue weighted by Gasteiger charge is -2.14. The van der Waals surface area contributed by atoms with E-state index in [1.54, 1.807) is 11.3 Å². The summed E-state index contributed by atoms with van der Waals surface area (Å²) < 4.78 is 2.10. The van der Waals surface area contributed by atoms with Gasteiger partial charge in [-0.1, -0.05) is 0 Å². The van der Waals surface area contributed by atoms with Crippen molar-refractivity contribution >= 4 is 16.3 Å². The van der Waals surface area contributed by atoms with Crippen LogP contribution in [0.3, 0.4) is 0 Å². The molecule has 2 aromatic rings. The molecule has 1 saturated carbocycles. The predicted molar refractivity (Wildman–Crippen MR) is 77.5 cm³/mol. The Balaban J connectivity index is 1.25. The van der Waals surface area contributed by atoms with Gasteiger partial charge in [0.15, 0.2) is 4.96 Å². The van der Waals surface area contributed by atoms with Gasteiger partial charge in [-0.15, -0.1) is 11.3 Å². The van der Waals surface area contributed by atoms with Crippen LogP contribution in [0.1, 0.15) is 25.0 Å². The molecule has 2 aliphatic rings. The van der Waals surface area contributed by atoms with E-state index in [0.29, 0.717) is 0 Å². The molecule has 1 unspecified atom stereocenters. The van der Waals surface area contributed by atoms with E-state index in [1.807, 2.05) is 0 Å². The van der Waals surface area contributed by atoms with Crippen LogP contribution in [0.2, 0.25) is 0 Å². The van der Waals surface area contributed by atoms with Crippen molar-refractivity contribution in [1.29, 1.82) is 0 Å². The fraction of sp³-hybridized carbons (Fsp3) is 0.643. The highest BCUT2D eigenvalue weighted by molar-refractivity contribution is 7.15. The molecule has 5 heteroatoms. The molecule has 1 saturated heterocycles. The maximum atomic E-state index is 4.60. The zero-order valence-corrected chi connectivity index (χ0v) is 11.9. The Morgan fingerprint density at radius 3 is 3.16 bits per heavy atom. The third-order valence-corrected chi connectivity index (χ3v) is 5.03. The van der Waals surface area contributed by atoms with Crippen LogP contribution in [0, 0.1) is 5.92 Å². The molecule has 2 aromatic heterocycles. The minimum atomic E-state index is 0.837. The number of thiazole rings is 1. The Kier molecular flexibility index (Phi) is 3.06. The van der Waals surface area contributed by atoms with Crippen LogP contribution in [0.25, 0.3) is 4.96 Å². The number of nitrogens with one attached hydrogen (secondary N) is 1. The summed E-state index contributed by atoms with van der Waals surface area (Å²) in [6.07, 6.45) is 8.43. The molecule has 0 radical (unpaired) electrons. The number of hydrogen-bond acceptors (Lipinski definition) is 4. The highest BCUT2D eigenvalue weighted by Gasteiger charge is 2.33. The van der Waals surface area contributed by atoms with Gasteiger partial charge in [0.2, 0.25) is 0 Å². The predicted octanol–water partition coefficient (Wildman–Crippen LogP) is 1.97. The molecule has 1 aliphatic carbocycles. The van der Waals surface area contributed by atoms with E-state index >= 15 is 0 Å². The third kappa shape index (κ3) is 2.55. The average Bonchev–Trinajstić information content (AvgIpc) is 2.83. The molecule has 4 nitrogen and oxygen atoms in total. The van der Waals surface area contributed by atoms with Crippen molar-refractivity contribution in [1.82, 2.24) is 19.6 Å². The van der Waals surface area contributed by atoms with Crippen LogP contribution in [0.5, 0.6) is 0 Å². The molecule has 102 valence electrons. The topological polar surface area (TPSA) is 32.6 Å². The maximum Gasteiger partial charge on any atom is 0.193 e. The van der Waals surface area contributed by atoms with Gasteiger partial charge in [-0.3, -0.25) is 4.40 Å². The van der Waals surface area contributed by atoms with E-state index in [1.165, 1.54) is 32.4 Å². The summed E-state index contributed by atoms with van der Waals surface area (Å²) in [5.41, 5.74) is 1.16. The van der Waals surface area contributed by atoms with Crippen LogP contribution >= 0.6 is 11.3 Å². The molecule has 0 amide bonds. The monoisotopic (exact) mass is 276 g/mol. The Morgan fingerprint density at radius 2 is 2.32 bits per heavy atom. The molecule has 0 bridgehead atoms. The van der Waals surface area contributed by atoms with Crippen LogP contribution in [0.4, 0.5) is 0 Å². The summed E-state index contributed by atoms with van der Waals surface area (Å²) in [5.74, 6) is 0.837. The minimum Gasteiger partial charge on any atom is -0.311 e. The Bertz CT molecular complexity index is 528. The molecular formula is C14H20N4S. The molecule has 2 fully saturated rings. The van der Waals surface area contributed by atoms with Gasteiger partial charge in [-0.05, 0) is 38.3 Å². The van der Waals surface area contributed by atoms with Crippen molar-refractivity contribution < 1.29 is 0 Å². The van der Waals surface area contributed by atoms with Gasteiger partial charge in [0.05, 0.1) is 5.69 Å². The molecule has 1 N–H and O–H groups in total. The first-order valence-corrected chi connectivity index (χ1v) is 8.12. The van der Waals surface area contributed by atoms with Gasteiger partial charge in [0.1, 0.15) is 0 Å². The van der Waals surface area contributed by atoms with Gasteiger partial charge in [-0.2, -0.15) is 0 Å². The quantitative estimate of drug-likeness (QED) is 0.906. The summed E-state index contributed by atoms with van der Waals surface area (Å²) >= 11 is 1.69. The number of imidazole rings is 1. The van der Waals surface area contributed by atoms with Crippen molar-refractivity contribution in [3.63, 3.8) is 0 Å². The lowest BCUT2D eigenvalue weighted by molar-refractivity contribution is 0.311. The second-order valence-corrected chi connectivity index (χ2v) is 6.71. The average molecular weight is 276 g/mol. The third-order valence-electron chi connectivity index (χ3n) is 4.26. The second-order valence-electron chi connectivity index (χ2n) is 5.84. The van der Waals surface area contributed by atoms with E-state index in [0.717, 1.165) is 35.7 Å². The molecule has 0 spiro atoms. The van der Waals surface area contributed by atoms with E-state index in [-0.39, 0.29) is 0 Å². The number of likely N-dealkylation sites (tertiary alicyclic amines) is 1. The Morgan fingerprint density at radius 1 is 1.37 bits per heavy atom. The molecule has 1 atom stereocenters. The molecule has 3 heterocycles. The zero-order valence-electron chi connectivity index (χ0n) is 11.1. The summed E-state index contributed by atoms with van der Waals surface area (Å²) in [7, 11) is 0. The summed E-state index contributed by atoms with van der Waals surface area (Å²) in [6, 6.07) is 0.935. The molecule has 1 aliphatic heterocycles. The molecule has 4 rings (SSSR count). The minimum absolute atomic E-state index is 0.837. The number of aromatic nitrogens is 2. The standard InChI is InChI=1S/C14H20N4S/c1-2-13(1)17-4-3-11(9-17)7-15-8-12-10-18-5-6-19-14(18)16-12/h5-6,10-11,13,15H,1-4,7-9H2. The van der Waals surface area contributed by atoms with Crippen molar-refractivity contribution in [2.75, 3.05) is 19.6 Å². The van der Waals surface area contributed by atoms with Gasteiger partial charge in [-0.25, -0.2) is 4.98 Å².